The maximum absolute atomic E-state index is 14.4. The highest BCUT2D eigenvalue weighted by molar-refractivity contribution is 5.91. The lowest BCUT2D eigenvalue weighted by atomic mass is 9.45. The number of hydrogen-bond donors (Lipinski definition) is 1. The maximum atomic E-state index is 14.4. The average molecular weight is 868 g/mol. The third-order valence-electron chi connectivity index (χ3n) is 12.1. The number of nitrogens with zero attached hydrogens (tertiary/aromatic N) is 1. The number of aryl methyl sites for hydroxylation is 1. The summed E-state index contributed by atoms with van der Waals surface area (Å²) in [5, 5.41) is 13.6. The minimum atomic E-state index is -2.84. The molecule has 1 saturated heterocycles. The van der Waals surface area contributed by atoms with Crippen molar-refractivity contribution in [1.29, 1.82) is 0 Å². The fourth-order valence-corrected chi connectivity index (χ4v) is 9.74. The number of aromatic nitrogens is 1. The van der Waals surface area contributed by atoms with Gasteiger partial charge >= 0.3 is 47.8 Å². The van der Waals surface area contributed by atoms with Crippen LogP contribution in [-0.4, -0.2) is 124 Å². The summed E-state index contributed by atoms with van der Waals surface area (Å²) >= 11 is 0. The predicted molar refractivity (Wildman–Crippen MR) is 205 cm³/mol. The molecule has 2 aromatic rings. The van der Waals surface area contributed by atoms with E-state index in [2.05, 4.69) is 4.98 Å². The van der Waals surface area contributed by atoms with E-state index in [-0.39, 0.29) is 29.7 Å². The quantitative estimate of drug-likeness (QED) is 0.295. The first kappa shape index (κ1) is 45.6. The van der Waals surface area contributed by atoms with Crippen LogP contribution in [0.2, 0.25) is 0 Å². The van der Waals surface area contributed by atoms with Gasteiger partial charge in [0.1, 0.15) is 42.0 Å². The molecule has 19 heteroatoms. The van der Waals surface area contributed by atoms with Crippen molar-refractivity contribution in [3.63, 3.8) is 0 Å². The molecular formula is C43H49NO18. The minimum Gasteiger partial charge on any atom is -0.465 e. The third-order valence-corrected chi connectivity index (χ3v) is 12.1. The number of esters is 8. The fourth-order valence-electron chi connectivity index (χ4n) is 9.74. The third kappa shape index (κ3) is 7.76. The molecule has 4 aliphatic rings. The van der Waals surface area contributed by atoms with E-state index in [1.807, 2.05) is 0 Å². The van der Waals surface area contributed by atoms with Gasteiger partial charge in [0.05, 0.1) is 28.7 Å². The summed E-state index contributed by atoms with van der Waals surface area (Å²) < 4.78 is 55.4. The Balaban J connectivity index is 1.79. The smallest absolute Gasteiger partial charge is 0.340 e. The number of benzene rings is 1. The summed E-state index contributed by atoms with van der Waals surface area (Å²) in [5.41, 5.74) is -10.2. The van der Waals surface area contributed by atoms with E-state index in [1.54, 1.807) is 6.07 Å². The molecular weight excluding hydrogens is 818 g/mol. The summed E-state index contributed by atoms with van der Waals surface area (Å²) in [4.78, 5) is 113. The average Bonchev–Trinajstić information content (AvgIpc) is 3.41. The number of rotatable bonds is 8. The van der Waals surface area contributed by atoms with Crippen molar-refractivity contribution in [1.82, 2.24) is 4.98 Å². The van der Waals surface area contributed by atoms with E-state index in [0.717, 1.165) is 41.5 Å². The molecule has 12 atom stereocenters. The molecule has 334 valence electrons. The monoisotopic (exact) mass is 867 g/mol. The van der Waals surface area contributed by atoms with Crippen LogP contribution in [-0.2, 0) is 77.8 Å². The van der Waals surface area contributed by atoms with E-state index >= 15 is 0 Å². The van der Waals surface area contributed by atoms with Gasteiger partial charge in [0.2, 0.25) is 0 Å². The summed E-state index contributed by atoms with van der Waals surface area (Å²) in [7, 11) is 0. The Bertz CT molecular complexity index is 2140. The van der Waals surface area contributed by atoms with Crippen LogP contribution in [0.25, 0.3) is 0 Å². The second-order valence-corrected chi connectivity index (χ2v) is 16.4. The Morgan fingerprint density at radius 1 is 0.774 bits per heavy atom. The number of aliphatic hydroxyl groups is 1. The van der Waals surface area contributed by atoms with Crippen molar-refractivity contribution < 1.29 is 86.1 Å². The SMILES string of the molecule is CC(=O)OC[C@]12[C@H](OC(C)=O)[C@@H](OC(C)=O)C3[C@@H](OC(C)=O)C14O[C@@]3(C)COC(=O)c1cccnc1CC[C@H](C)C(=O)O[C@@H]([C@H](OC(C)=O)[C@@H]2OC(=O)c1ccccc1)[C@]4(C)O. The molecule has 2 aliphatic heterocycles. The second-order valence-electron chi connectivity index (χ2n) is 16.4. The fraction of sp³-hybridized carbons (Fsp3) is 0.558. The highest BCUT2D eigenvalue weighted by Crippen LogP contribution is 2.70. The van der Waals surface area contributed by atoms with Crippen LogP contribution in [0.4, 0.5) is 0 Å². The van der Waals surface area contributed by atoms with Gasteiger partial charge in [0.15, 0.2) is 30.0 Å². The Labute approximate surface area is 355 Å². The van der Waals surface area contributed by atoms with Gasteiger partial charge in [-0.1, -0.05) is 25.1 Å². The summed E-state index contributed by atoms with van der Waals surface area (Å²) in [6, 6.07) is 10.4. The normalized spacial score (nSPS) is 35.0. The first-order valence-electron chi connectivity index (χ1n) is 19.9. The number of carbonyl (C=O) groups excluding carboxylic acids is 8. The van der Waals surface area contributed by atoms with E-state index in [1.165, 1.54) is 56.4 Å². The molecule has 2 unspecified atom stereocenters. The van der Waals surface area contributed by atoms with E-state index < -0.39 is 132 Å². The maximum Gasteiger partial charge on any atom is 0.340 e. The van der Waals surface area contributed by atoms with Gasteiger partial charge in [-0.05, 0) is 51.0 Å². The van der Waals surface area contributed by atoms with Crippen LogP contribution in [0.1, 0.15) is 88.2 Å². The van der Waals surface area contributed by atoms with Gasteiger partial charge < -0.3 is 47.7 Å². The standard InChI is InChI=1S/C43H49NO18/c1-21-16-17-29-28(15-12-18-44-29)39(52)55-19-40(7)30-31(56-23(3)46)35(59-26(6)49)42(20-54-22(2)45)36(61-38(51)27-13-10-9-11-14-27)32(57-24(4)47)34(60-37(21)50)41(8,53)43(42,62-40)33(30)58-25(5)48/h9-15,18,21,30-36,53H,16-17,19-20H2,1-8H3/t21-,30?,31-,32-,33+,34-,35+,36-,40-,41-,42+,43?/m0/s1. The van der Waals surface area contributed by atoms with Gasteiger partial charge in [0.25, 0.3) is 0 Å². The first-order chi connectivity index (χ1) is 29.1. The van der Waals surface area contributed by atoms with Gasteiger partial charge in [-0.25, -0.2) is 9.59 Å². The Morgan fingerprint density at radius 2 is 1.37 bits per heavy atom. The van der Waals surface area contributed by atoms with E-state index in [4.69, 9.17) is 42.6 Å². The van der Waals surface area contributed by atoms with Crippen LogP contribution < -0.4 is 0 Å². The van der Waals surface area contributed by atoms with Gasteiger partial charge in [-0.15, -0.1) is 0 Å². The zero-order valence-electron chi connectivity index (χ0n) is 35.4. The number of fused-ring (bicyclic) bond motifs is 5. The van der Waals surface area contributed by atoms with Crippen LogP contribution >= 0.6 is 0 Å². The number of hydrogen-bond acceptors (Lipinski definition) is 19. The minimum absolute atomic E-state index is 0.0225. The molecule has 3 fully saturated rings. The molecule has 2 aliphatic carbocycles. The molecule has 62 heavy (non-hydrogen) atoms. The lowest BCUT2D eigenvalue weighted by molar-refractivity contribution is -0.385. The molecule has 19 nitrogen and oxygen atoms in total. The van der Waals surface area contributed by atoms with Crippen LogP contribution in [0, 0.1) is 17.3 Å². The summed E-state index contributed by atoms with van der Waals surface area (Å²) in [6.07, 6.45) is -10.6. The van der Waals surface area contributed by atoms with Gasteiger partial charge in [-0.3, -0.25) is 33.8 Å². The van der Waals surface area contributed by atoms with Crippen molar-refractivity contribution in [3.8, 4) is 0 Å². The molecule has 1 aromatic carbocycles. The molecule has 6 rings (SSSR count). The van der Waals surface area contributed by atoms with Crippen LogP contribution in [0.5, 0.6) is 0 Å². The summed E-state index contributed by atoms with van der Waals surface area (Å²) in [5.74, 6) is -10.7. The zero-order chi connectivity index (χ0) is 45.5. The zero-order valence-corrected chi connectivity index (χ0v) is 35.4. The lowest BCUT2D eigenvalue weighted by Crippen LogP contribution is -2.89. The van der Waals surface area contributed by atoms with Gasteiger partial charge in [0, 0.05) is 40.8 Å². The highest BCUT2D eigenvalue weighted by atomic mass is 16.7. The molecule has 4 bridgehead atoms. The van der Waals surface area contributed by atoms with Crippen molar-refractivity contribution in [2.45, 2.75) is 122 Å². The molecule has 0 radical (unpaired) electrons. The highest BCUT2D eigenvalue weighted by Gasteiger charge is 2.92. The van der Waals surface area contributed by atoms with E-state index in [9.17, 15) is 43.5 Å². The Hall–Kier alpha value is -5.95. The molecule has 2 saturated carbocycles. The van der Waals surface area contributed by atoms with Crippen LogP contribution in [0.3, 0.4) is 0 Å². The Kier molecular flexibility index (Phi) is 12.6. The molecule has 1 spiro atoms. The van der Waals surface area contributed by atoms with Crippen molar-refractivity contribution >= 4 is 47.8 Å². The lowest BCUT2D eigenvalue weighted by Gasteiger charge is -2.67. The van der Waals surface area contributed by atoms with Crippen molar-refractivity contribution in [2.24, 2.45) is 17.3 Å². The van der Waals surface area contributed by atoms with Crippen molar-refractivity contribution in [2.75, 3.05) is 13.2 Å². The molecule has 1 N–H and O–H groups in total. The van der Waals surface area contributed by atoms with E-state index in [0.29, 0.717) is 0 Å². The molecule has 3 heterocycles. The Morgan fingerprint density at radius 3 is 1.98 bits per heavy atom. The largest absolute Gasteiger partial charge is 0.465 e. The topological polar surface area (TPSA) is 253 Å². The van der Waals surface area contributed by atoms with Gasteiger partial charge in [-0.2, -0.15) is 0 Å². The van der Waals surface area contributed by atoms with Crippen LogP contribution in [0.15, 0.2) is 48.7 Å². The number of carbonyl (C=O) groups is 8. The van der Waals surface area contributed by atoms with Crippen molar-refractivity contribution in [3.05, 3.63) is 65.5 Å². The second kappa shape index (κ2) is 17.1. The number of ether oxygens (including phenoxy) is 9. The predicted octanol–water partition coefficient (Wildman–Crippen LogP) is 2.16. The first-order valence-corrected chi connectivity index (χ1v) is 19.9. The molecule has 0 amide bonds. The summed E-state index contributed by atoms with van der Waals surface area (Å²) in [6.45, 7) is 7.17. The number of cyclic esters (lactones) is 1. The molecule has 1 aromatic heterocycles. The number of pyridine rings is 1.